The number of urea groups is 1. The Morgan fingerprint density at radius 3 is 2.38 bits per heavy atom. The van der Waals surface area contributed by atoms with Gasteiger partial charge < -0.3 is 20.5 Å². The maximum atomic E-state index is 11.5. The van der Waals surface area contributed by atoms with Crippen LogP contribution < -0.4 is 10.6 Å². The molecule has 0 atom stereocenters. The molecule has 0 spiro atoms. The lowest BCUT2D eigenvalue weighted by Crippen LogP contribution is -2.36. The first-order chi connectivity index (χ1) is 10.0. The van der Waals surface area contributed by atoms with Crippen LogP contribution in [0.5, 0.6) is 0 Å². The van der Waals surface area contributed by atoms with E-state index < -0.39 is 12.0 Å². The highest BCUT2D eigenvalue weighted by Crippen LogP contribution is 2.04. The number of carboxylic acid groups (broad SMARTS) is 1. The lowest BCUT2D eigenvalue weighted by atomic mass is 10.1. The Balaban J connectivity index is 2.26. The second-order valence-corrected chi connectivity index (χ2v) is 4.17. The van der Waals surface area contributed by atoms with Crippen LogP contribution >= 0.6 is 0 Å². The van der Waals surface area contributed by atoms with Gasteiger partial charge in [0.2, 0.25) is 0 Å². The van der Waals surface area contributed by atoms with Crippen LogP contribution in [0.3, 0.4) is 0 Å². The molecule has 0 saturated carbocycles. The molecule has 0 aliphatic heterocycles. The summed E-state index contributed by atoms with van der Waals surface area (Å²) in [6.45, 7) is 2.50. The molecule has 3 N–H and O–H groups in total. The van der Waals surface area contributed by atoms with Gasteiger partial charge >= 0.3 is 18.0 Å². The lowest BCUT2D eigenvalue weighted by molar-refractivity contribution is -0.142. The van der Waals surface area contributed by atoms with Crippen LogP contribution in [-0.4, -0.2) is 36.2 Å². The average molecular weight is 294 g/mol. The van der Waals surface area contributed by atoms with E-state index in [1.54, 1.807) is 19.1 Å². The Morgan fingerprint density at radius 1 is 1.14 bits per heavy atom. The van der Waals surface area contributed by atoms with E-state index in [0.29, 0.717) is 6.61 Å². The predicted octanol–water partition coefficient (Wildman–Crippen LogP) is 1.14. The van der Waals surface area contributed by atoms with E-state index in [2.05, 4.69) is 10.6 Å². The van der Waals surface area contributed by atoms with Gasteiger partial charge in [-0.3, -0.25) is 4.79 Å². The highest BCUT2D eigenvalue weighted by molar-refractivity contribution is 5.87. The summed E-state index contributed by atoms with van der Waals surface area (Å²) in [5.74, 6) is -1.35. The zero-order valence-electron chi connectivity index (χ0n) is 11.7. The second kappa shape index (κ2) is 8.57. The van der Waals surface area contributed by atoms with Gasteiger partial charge in [-0.25, -0.2) is 9.59 Å². The number of hydrogen-bond acceptors (Lipinski definition) is 4. The maximum Gasteiger partial charge on any atom is 0.335 e. The summed E-state index contributed by atoms with van der Waals surface area (Å²) < 4.78 is 4.72. The van der Waals surface area contributed by atoms with Gasteiger partial charge in [0.25, 0.3) is 0 Å². The van der Waals surface area contributed by atoms with E-state index in [-0.39, 0.29) is 31.0 Å². The molecule has 7 heteroatoms. The Morgan fingerprint density at radius 2 is 1.81 bits per heavy atom. The number of aromatic carboxylic acids is 1. The summed E-state index contributed by atoms with van der Waals surface area (Å²) in [6, 6.07) is 5.79. The molecular formula is C14H18N2O5. The third kappa shape index (κ3) is 6.42. The average Bonchev–Trinajstić information content (AvgIpc) is 2.46. The molecule has 1 aromatic rings. The van der Waals surface area contributed by atoms with Crippen LogP contribution in [0.2, 0.25) is 0 Å². The van der Waals surface area contributed by atoms with Crippen molar-refractivity contribution in [1.82, 2.24) is 10.6 Å². The van der Waals surface area contributed by atoms with E-state index >= 15 is 0 Å². The van der Waals surface area contributed by atoms with Crippen molar-refractivity contribution in [3.63, 3.8) is 0 Å². The fourth-order valence-corrected chi connectivity index (χ4v) is 1.52. The van der Waals surface area contributed by atoms with Gasteiger partial charge in [-0.05, 0) is 24.6 Å². The van der Waals surface area contributed by atoms with Gasteiger partial charge in [0.05, 0.1) is 18.6 Å². The van der Waals surface area contributed by atoms with Gasteiger partial charge in [0.1, 0.15) is 0 Å². The maximum absolute atomic E-state index is 11.5. The van der Waals surface area contributed by atoms with Crippen molar-refractivity contribution in [1.29, 1.82) is 0 Å². The summed E-state index contributed by atoms with van der Waals surface area (Å²) in [5, 5.41) is 13.9. The van der Waals surface area contributed by atoms with Crippen LogP contribution in [-0.2, 0) is 16.1 Å². The molecule has 0 heterocycles. The zero-order chi connectivity index (χ0) is 15.7. The molecule has 0 saturated heterocycles. The molecule has 114 valence electrons. The van der Waals surface area contributed by atoms with Crippen molar-refractivity contribution in [2.75, 3.05) is 13.2 Å². The fourth-order valence-electron chi connectivity index (χ4n) is 1.52. The Kier molecular flexibility index (Phi) is 6.73. The first-order valence-electron chi connectivity index (χ1n) is 6.52. The number of esters is 1. The van der Waals surface area contributed by atoms with Gasteiger partial charge in [0.15, 0.2) is 0 Å². The molecule has 0 radical (unpaired) electrons. The van der Waals surface area contributed by atoms with Crippen LogP contribution in [0.4, 0.5) is 4.79 Å². The topological polar surface area (TPSA) is 105 Å². The van der Waals surface area contributed by atoms with Gasteiger partial charge in [-0.1, -0.05) is 12.1 Å². The first kappa shape index (κ1) is 16.5. The van der Waals surface area contributed by atoms with E-state index in [4.69, 9.17) is 9.84 Å². The summed E-state index contributed by atoms with van der Waals surface area (Å²) in [6.07, 6.45) is 0.120. The van der Waals surface area contributed by atoms with E-state index in [9.17, 15) is 14.4 Å². The van der Waals surface area contributed by atoms with Crippen molar-refractivity contribution >= 4 is 18.0 Å². The standard InChI is InChI=1S/C14H18N2O5/c1-2-21-12(17)7-8-15-14(20)16-9-10-3-5-11(6-4-10)13(18)19/h3-6H,2,7-9H2,1H3,(H,18,19)(H2,15,16,20). The minimum Gasteiger partial charge on any atom is -0.478 e. The van der Waals surface area contributed by atoms with Crippen molar-refractivity contribution < 1.29 is 24.2 Å². The largest absolute Gasteiger partial charge is 0.478 e. The minimum absolute atomic E-state index is 0.120. The lowest BCUT2D eigenvalue weighted by Gasteiger charge is -2.07. The number of amides is 2. The smallest absolute Gasteiger partial charge is 0.335 e. The summed E-state index contributed by atoms with van der Waals surface area (Å²) in [5.41, 5.74) is 0.971. The molecule has 21 heavy (non-hydrogen) atoms. The van der Waals surface area contributed by atoms with Crippen LogP contribution in [0.1, 0.15) is 29.3 Å². The molecule has 0 aliphatic carbocycles. The fraction of sp³-hybridized carbons (Fsp3) is 0.357. The Hall–Kier alpha value is -2.57. The molecule has 2 amide bonds. The molecule has 1 aromatic carbocycles. The van der Waals surface area contributed by atoms with E-state index in [0.717, 1.165) is 5.56 Å². The highest BCUT2D eigenvalue weighted by Gasteiger charge is 2.05. The van der Waals surface area contributed by atoms with Gasteiger partial charge in [-0.15, -0.1) is 0 Å². The molecule has 0 aromatic heterocycles. The molecule has 7 nitrogen and oxygen atoms in total. The number of nitrogens with one attached hydrogen (secondary N) is 2. The molecule has 0 unspecified atom stereocenters. The molecule has 1 rings (SSSR count). The molecule has 0 bridgehead atoms. The van der Waals surface area contributed by atoms with Crippen LogP contribution in [0.15, 0.2) is 24.3 Å². The predicted molar refractivity (Wildman–Crippen MR) is 74.9 cm³/mol. The molecule has 0 fully saturated rings. The van der Waals surface area contributed by atoms with Crippen LogP contribution in [0.25, 0.3) is 0 Å². The summed E-state index contributed by atoms with van der Waals surface area (Å²) in [4.78, 5) is 33.2. The Labute approximate surface area is 122 Å². The zero-order valence-corrected chi connectivity index (χ0v) is 11.7. The first-order valence-corrected chi connectivity index (χ1v) is 6.52. The third-order valence-corrected chi connectivity index (χ3v) is 2.57. The Bertz CT molecular complexity index is 499. The number of carbonyl (C=O) groups excluding carboxylic acids is 2. The second-order valence-electron chi connectivity index (χ2n) is 4.17. The third-order valence-electron chi connectivity index (χ3n) is 2.57. The number of hydrogen-bond donors (Lipinski definition) is 3. The number of ether oxygens (including phenoxy) is 1. The number of carboxylic acids is 1. The minimum atomic E-state index is -0.994. The van der Waals surface area contributed by atoms with Crippen molar-refractivity contribution in [2.24, 2.45) is 0 Å². The van der Waals surface area contributed by atoms with Gasteiger partial charge in [0, 0.05) is 13.1 Å². The molecular weight excluding hydrogens is 276 g/mol. The SMILES string of the molecule is CCOC(=O)CCNC(=O)NCc1ccc(C(=O)O)cc1. The summed E-state index contributed by atoms with van der Waals surface area (Å²) in [7, 11) is 0. The van der Waals surface area contributed by atoms with Crippen molar-refractivity contribution in [2.45, 2.75) is 19.9 Å². The quantitative estimate of drug-likeness (QED) is 0.654. The monoisotopic (exact) mass is 294 g/mol. The molecule has 0 aliphatic rings. The van der Waals surface area contributed by atoms with E-state index in [1.165, 1.54) is 12.1 Å². The van der Waals surface area contributed by atoms with Gasteiger partial charge in [-0.2, -0.15) is 0 Å². The van der Waals surface area contributed by atoms with Crippen LogP contribution in [0, 0.1) is 0 Å². The van der Waals surface area contributed by atoms with Crippen molar-refractivity contribution in [3.05, 3.63) is 35.4 Å². The summed E-state index contributed by atoms with van der Waals surface area (Å²) >= 11 is 0. The number of rotatable bonds is 7. The van der Waals surface area contributed by atoms with Crippen molar-refractivity contribution in [3.8, 4) is 0 Å². The number of carbonyl (C=O) groups is 3. The van der Waals surface area contributed by atoms with E-state index in [1.807, 2.05) is 0 Å². The highest BCUT2D eigenvalue weighted by atomic mass is 16.5. The normalized spacial score (nSPS) is 9.76. The number of benzene rings is 1.